The molecule has 102 heteroatoms. The van der Waals surface area contributed by atoms with Gasteiger partial charge >= 0.3 is 786 Å². The molecule has 0 bridgehead atoms. The third kappa shape index (κ3) is 3420. The van der Waals surface area contributed by atoms with E-state index in [1.807, 2.05) is 0 Å². The van der Waals surface area contributed by atoms with E-state index in [1.54, 1.807) is 0 Å². The second-order valence-corrected chi connectivity index (χ2v) is 9.75. The van der Waals surface area contributed by atoms with E-state index >= 15 is 0 Å². The molecule has 0 amide bonds. The van der Waals surface area contributed by atoms with Crippen molar-refractivity contribution in [3.63, 3.8) is 0 Å². The Labute approximate surface area is 1280 Å². The van der Waals surface area contributed by atoms with Crippen LogP contribution in [0.4, 0.5) is 0 Å². The second kappa shape index (κ2) is 487. The Kier molecular flexibility index (Phi) is 2380. The SMILES string of the molecule is O=[Si]([O-])[O-].O=[Si]([O-])[O-].O=[Si]([O-])[O-].O=[Si]([O-])[O-].O=[Si]([O-])[O-].O=[Si]([O-])[O-].O=[Si]([O-])[O-].O=[Si]([O-])[O-].O=[Si]([O-])[O-].O=[Si]([O-])[O-].O=[Si]([O-])[O-].O=[Si]([O-])[O-].O=[Si]([O-])[O-].[Ca+2].[Ca+2].[Ca+2].[Ca+2].[Cl-].[Cl-].[Cl-].[Cl-].[Cl-].[Cl-].[Cl-].[Cl-].[Cl-].[Cl-].[Cl-].[Cl-].[Cl-].[Cs+].[Cs+].[Cs+].[Cs+].[Fe+3].[Fe+3].[Fe+3].[Fe+3].[Mn+2].[Mn+2].[Mn+2].[Mn+2].[Na+].[Na+].[Na+].[Na+].[OH-].[OH-].[OH-].[OH-].[OH-].[OH-].[OH-].[OH-].[OH-].[OH-].[OH-].[OH-].[OH-].[Zr+4].[Zr+4].[Zr+4].[Zr+4]. The molecule has 0 rings (SSSR count). The molecule has 0 atom stereocenters. The van der Waals surface area contributed by atoms with Gasteiger partial charge in [-0.3, -0.25) is 0 Å². The summed E-state index contributed by atoms with van der Waals surface area (Å²) in [5.74, 6) is 0. The molecular formula is H13Ca4Cl13Cs4Fe4Mn4Na4O52Si13Zr4. The van der Waals surface area contributed by atoms with Crippen LogP contribution in [0.3, 0.4) is 0 Å². The Morgan fingerprint density at radius 1 is 0.137 bits per heavy atom. The minimum Gasteiger partial charge on any atom is -1.00 e. The summed E-state index contributed by atoms with van der Waals surface area (Å²) in [6.45, 7) is 0. The van der Waals surface area contributed by atoms with E-state index in [0.717, 1.165) is 0 Å². The molecule has 0 saturated carbocycles. The molecule has 0 aromatic rings. The van der Waals surface area contributed by atoms with Crippen molar-refractivity contribution >= 4 is 270 Å². The molecule has 0 saturated heterocycles. The molecule has 0 unspecified atom stereocenters. The van der Waals surface area contributed by atoms with Crippen LogP contribution in [0.1, 0.15) is 0 Å². The van der Waals surface area contributed by atoms with Crippen LogP contribution in [-0.4, -0.2) is 341 Å². The van der Waals surface area contributed by atoms with Gasteiger partial charge in [-0.15, -0.1) is 0 Å². The fourth-order valence-corrected chi connectivity index (χ4v) is 0. The van der Waals surface area contributed by atoms with Gasteiger partial charge in [0.15, 0.2) is 0 Å². The van der Waals surface area contributed by atoms with Crippen LogP contribution < -0.4 is 680 Å². The molecule has 0 aliphatic heterocycles. The van der Waals surface area contributed by atoms with Crippen LogP contribution in [0.25, 0.3) is 0 Å². The van der Waals surface area contributed by atoms with E-state index in [2.05, 4.69) is 0 Å². The topological polar surface area (TPSA) is 1210 Å². The molecule has 0 aliphatic carbocycles. The van der Waals surface area contributed by atoms with Gasteiger partial charge < -0.3 is 415 Å². The molecule has 0 aliphatic rings. The van der Waals surface area contributed by atoms with Crippen molar-refractivity contribution < 1.29 is 1050 Å². The Bertz CT molecular complexity index is 828. The van der Waals surface area contributed by atoms with E-state index in [-0.39, 0.29) is 1020 Å². The summed E-state index contributed by atoms with van der Waals surface area (Å²) in [4.78, 5) is 221. The van der Waals surface area contributed by atoms with Crippen molar-refractivity contribution in [2.75, 3.05) is 0 Å². The van der Waals surface area contributed by atoms with Gasteiger partial charge in [0.2, 0.25) is 0 Å². The van der Waals surface area contributed by atoms with Gasteiger partial charge in [-0.1, -0.05) is 0 Å². The van der Waals surface area contributed by atoms with E-state index < -0.39 is 119 Å². The van der Waals surface area contributed by atoms with Gasteiger partial charge in [0, 0.05) is 119 Å². The van der Waals surface area contributed by atoms with E-state index in [9.17, 15) is 0 Å². The summed E-state index contributed by atoms with van der Waals surface area (Å²) in [6, 6.07) is 0. The maximum atomic E-state index is 8.52. The zero-order valence-corrected chi connectivity index (χ0v) is 133. The zero-order chi connectivity index (χ0) is 46.5. The average Bonchev–Trinajstić information content (AvgIpc) is 2.67. The van der Waals surface area contributed by atoms with Crippen LogP contribution in [0.15, 0.2) is 0 Å². The maximum absolute atomic E-state index is 8.52. The van der Waals surface area contributed by atoms with Crippen LogP contribution in [-0.2, 0) is 299 Å². The van der Waals surface area contributed by atoms with Gasteiger partial charge in [0.1, 0.15) is 0 Å². The molecule has 0 aromatic heterocycles. The van der Waals surface area contributed by atoms with Gasteiger partial charge in [0.25, 0.3) is 0 Å². The monoisotopic (exact) mass is 3250 g/mol. The normalized spacial score (nSPS) is 3.06. The Morgan fingerprint density at radius 2 is 0.137 bits per heavy atom. The molecule has 0 spiro atoms. The van der Waals surface area contributed by atoms with E-state index in [1.165, 1.54) is 0 Å². The maximum Gasteiger partial charge on any atom is 4.00 e. The first-order chi connectivity index (χ1) is 22.5. The second-order valence-electron chi connectivity index (χ2n) is 3.25. The van der Waals surface area contributed by atoms with Crippen LogP contribution in [0, 0.1) is 0 Å². The summed E-state index contributed by atoms with van der Waals surface area (Å²) in [5.41, 5.74) is 0. The molecule has 52 nitrogen and oxygen atoms in total. The molecule has 0 fully saturated rings. The standard InChI is InChI=1S/4Ca.13ClH.4Cs.4Fe.4Mn.4Na.13O3Si.13H2O.4Zr/c;;;;;;;;;;;;;;;;;;;;;;;;;;;;;;;;;13*1-4(2)3;;;;;;;;;;;;;;;;;/h;;;;13*1H;;;;;;;;;;;;;;;;;;;;;;;;;;;;;;13*1H2;;;;/q4*+2;;;;;;;;;;;;;;4*+1;4*+3;4*+2;4*+1;13*-2;;;;;;;;;;;;;;4*+4/p-26. The molecule has 8 radical (unpaired) electrons. The predicted octanol–water partition coefficient (Wildman–Crippen LogP) is -104. The van der Waals surface area contributed by atoms with Gasteiger partial charge in [-0.25, -0.2) is 0 Å². The largest absolute Gasteiger partial charge is 4.00 e. The summed E-state index contributed by atoms with van der Waals surface area (Å²) in [5, 5.41) is 0. The quantitative estimate of drug-likeness (QED) is 0.203. The summed E-state index contributed by atoms with van der Waals surface area (Å²) < 4.78 is 111. The van der Waals surface area contributed by atoms with E-state index in [0.29, 0.717) is 0 Å². The van der Waals surface area contributed by atoms with Crippen molar-refractivity contribution in [1.29, 1.82) is 0 Å². The average molecular weight is 3260 g/mol. The first kappa shape index (κ1) is 499. The molecule has 560 valence electrons. The molecule has 0 aromatic carbocycles. The minimum absolute atomic E-state index is 0. The molecule has 0 heterocycles. The molecule has 13 N–H and O–H groups in total. The summed E-state index contributed by atoms with van der Waals surface area (Å²) in [6.07, 6.45) is 0. The fraction of sp³-hybridized carbons (Fsp3) is 0. The van der Waals surface area contributed by atoms with Crippen molar-refractivity contribution in [3.05, 3.63) is 0 Å². The Morgan fingerprint density at radius 3 is 0.137 bits per heavy atom. The zero-order valence-electron chi connectivity index (χ0n) is 48.9. The fourth-order valence-electron chi connectivity index (χ4n) is 0. The van der Waals surface area contributed by atoms with Crippen molar-refractivity contribution in [3.8, 4) is 0 Å². The molecular weight excluding hydrogens is 3250 g/mol. The van der Waals surface area contributed by atoms with Gasteiger partial charge in [-0.05, 0) is 0 Å². The first-order valence-corrected chi connectivity index (χ1v) is 23.9. The van der Waals surface area contributed by atoms with Crippen LogP contribution in [0.2, 0.25) is 0 Å². The van der Waals surface area contributed by atoms with Gasteiger partial charge in [-0.2, -0.15) is 0 Å². The van der Waals surface area contributed by atoms with Crippen molar-refractivity contribution in [2.24, 2.45) is 0 Å². The minimum atomic E-state index is -3.63. The number of hydrogen-bond acceptors (Lipinski definition) is 52. The van der Waals surface area contributed by atoms with Gasteiger partial charge in [0.05, 0.1) is 0 Å². The smallest absolute Gasteiger partial charge is 1.00 e. The van der Waals surface area contributed by atoms with Crippen LogP contribution >= 0.6 is 0 Å². The van der Waals surface area contributed by atoms with E-state index in [4.69, 9.17) is 183 Å². The third-order valence-corrected chi connectivity index (χ3v) is 0. The number of rotatable bonds is 0. The predicted molar refractivity (Wildman–Crippen MR) is 132 cm³/mol. The Hall–Kier alpha value is 23.2. The first-order valence-electron chi connectivity index (χ1n) is 7.96. The summed E-state index contributed by atoms with van der Waals surface area (Å²) >= 11 is 0. The Balaban J connectivity index is -0.00000000254. The molecule has 102 heavy (non-hydrogen) atoms. The van der Waals surface area contributed by atoms with Crippen molar-refractivity contribution in [1.82, 2.24) is 0 Å². The third-order valence-electron chi connectivity index (χ3n) is 0. The number of halogens is 13. The van der Waals surface area contributed by atoms with Crippen molar-refractivity contribution in [2.45, 2.75) is 0 Å². The van der Waals surface area contributed by atoms with Crippen LogP contribution in [0.5, 0.6) is 0 Å². The number of hydrogen-bond donors (Lipinski definition) is 0. The summed E-state index contributed by atoms with van der Waals surface area (Å²) in [7, 11) is -47.2.